The van der Waals surface area contributed by atoms with E-state index in [1.807, 2.05) is 0 Å². The molecule has 0 aromatic carbocycles. The van der Waals surface area contributed by atoms with E-state index in [-0.39, 0.29) is 6.10 Å². The van der Waals surface area contributed by atoms with Crippen molar-refractivity contribution < 1.29 is 13.9 Å². The Balaban J connectivity index is 2.14. The average Bonchev–Trinajstić information content (AvgIpc) is 2.14. The Kier molecular flexibility index (Phi) is 1.59. The second-order valence-corrected chi connectivity index (χ2v) is 1.34. The van der Waals surface area contributed by atoms with Crippen LogP contribution in [0, 0.1) is 6.79 Å². The second kappa shape index (κ2) is 2.23. The summed E-state index contributed by atoms with van der Waals surface area (Å²) in [7, 11) is 0. The first-order chi connectivity index (χ1) is 3.43. The summed E-state index contributed by atoms with van der Waals surface area (Å²) in [5, 5.41) is 0. The van der Waals surface area contributed by atoms with E-state index in [1.54, 1.807) is 0 Å². The standard InChI is InChI=1S/C4H6FO2/c5-1-4-2-6-3-7-4/h3-4H,1-2H2. The van der Waals surface area contributed by atoms with Gasteiger partial charge in [0.25, 0.3) is 0 Å². The van der Waals surface area contributed by atoms with Gasteiger partial charge in [0.15, 0.2) is 0 Å². The number of halogens is 1. The van der Waals surface area contributed by atoms with Gasteiger partial charge in [-0.15, -0.1) is 0 Å². The van der Waals surface area contributed by atoms with Crippen LogP contribution in [0.25, 0.3) is 0 Å². The van der Waals surface area contributed by atoms with Crippen LogP contribution in [0.5, 0.6) is 0 Å². The molecule has 3 heteroatoms. The normalized spacial score (nSPS) is 31.3. The molecule has 1 atom stereocenters. The maximum atomic E-state index is 11.5. The van der Waals surface area contributed by atoms with Gasteiger partial charge in [-0.25, -0.2) is 4.39 Å². The third-order valence-corrected chi connectivity index (χ3v) is 0.770. The summed E-state index contributed by atoms with van der Waals surface area (Å²) in [6.45, 7) is 1.07. The van der Waals surface area contributed by atoms with E-state index in [0.717, 1.165) is 0 Å². The number of hydrogen-bond donors (Lipinski definition) is 0. The van der Waals surface area contributed by atoms with Crippen LogP contribution in [0.4, 0.5) is 4.39 Å². The largest absolute Gasteiger partial charge is 0.345 e. The monoisotopic (exact) mass is 105 g/mol. The quantitative estimate of drug-likeness (QED) is 0.483. The van der Waals surface area contributed by atoms with Crippen molar-refractivity contribution in [2.45, 2.75) is 6.10 Å². The number of rotatable bonds is 1. The highest BCUT2D eigenvalue weighted by Gasteiger charge is 2.15. The van der Waals surface area contributed by atoms with Crippen molar-refractivity contribution in [3.63, 3.8) is 0 Å². The van der Waals surface area contributed by atoms with Crippen LogP contribution in [0.2, 0.25) is 0 Å². The van der Waals surface area contributed by atoms with E-state index in [9.17, 15) is 4.39 Å². The minimum atomic E-state index is -0.462. The zero-order valence-corrected chi connectivity index (χ0v) is 3.76. The Morgan fingerprint density at radius 2 is 2.71 bits per heavy atom. The topological polar surface area (TPSA) is 18.5 Å². The molecule has 0 aromatic heterocycles. The van der Waals surface area contributed by atoms with Crippen LogP contribution < -0.4 is 0 Å². The van der Waals surface area contributed by atoms with E-state index < -0.39 is 6.67 Å². The van der Waals surface area contributed by atoms with Crippen molar-refractivity contribution in [1.29, 1.82) is 0 Å². The van der Waals surface area contributed by atoms with Gasteiger partial charge in [0, 0.05) is 0 Å². The zero-order chi connectivity index (χ0) is 5.11. The summed E-state index contributed by atoms with van der Waals surface area (Å²) in [6.07, 6.45) is -0.347. The Labute approximate surface area is 41.2 Å². The van der Waals surface area contributed by atoms with Crippen molar-refractivity contribution in [2.75, 3.05) is 13.3 Å². The molecule has 1 heterocycles. The fourth-order valence-electron chi connectivity index (χ4n) is 0.385. The third-order valence-electron chi connectivity index (χ3n) is 0.770. The molecule has 0 spiro atoms. The van der Waals surface area contributed by atoms with Gasteiger partial charge in [-0.3, -0.25) is 0 Å². The summed E-state index contributed by atoms with van der Waals surface area (Å²) in [5.41, 5.74) is 0. The molecular formula is C4H6FO2. The van der Waals surface area contributed by atoms with Gasteiger partial charge in [0.05, 0.1) is 6.61 Å². The van der Waals surface area contributed by atoms with Gasteiger partial charge in [-0.1, -0.05) is 0 Å². The maximum absolute atomic E-state index is 11.5. The average molecular weight is 105 g/mol. The van der Waals surface area contributed by atoms with Crippen LogP contribution in [0.15, 0.2) is 0 Å². The summed E-state index contributed by atoms with van der Waals surface area (Å²) in [5.74, 6) is 0. The molecule has 0 aromatic rings. The highest BCUT2D eigenvalue weighted by molar-refractivity contribution is 4.60. The van der Waals surface area contributed by atoms with Gasteiger partial charge in [-0.2, -0.15) is 0 Å². The summed E-state index contributed by atoms with van der Waals surface area (Å²) in [4.78, 5) is 0. The van der Waals surface area contributed by atoms with Crippen molar-refractivity contribution in [2.24, 2.45) is 0 Å². The predicted molar refractivity (Wildman–Crippen MR) is 21.1 cm³/mol. The Bertz CT molecular complexity index is 51.7. The Hall–Kier alpha value is -0.150. The van der Waals surface area contributed by atoms with Gasteiger partial charge in [-0.05, 0) is 0 Å². The lowest BCUT2D eigenvalue weighted by Crippen LogP contribution is -2.10. The van der Waals surface area contributed by atoms with E-state index in [0.29, 0.717) is 6.61 Å². The minimum Gasteiger partial charge on any atom is -0.345 e. The van der Waals surface area contributed by atoms with Crippen molar-refractivity contribution in [3.8, 4) is 0 Å². The lowest BCUT2D eigenvalue weighted by molar-refractivity contribution is 0.112. The molecule has 7 heavy (non-hydrogen) atoms. The number of hydrogen-bond acceptors (Lipinski definition) is 2. The predicted octanol–water partition coefficient (Wildman–Crippen LogP) is 0.491. The zero-order valence-electron chi connectivity index (χ0n) is 3.76. The fourth-order valence-corrected chi connectivity index (χ4v) is 0.385. The van der Waals surface area contributed by atoms with E-state index in [4.69, 9.17) is 0 Å². The number of alkyl halides is 1. The summed E-state index contributed by atoms with van der Waals surface area (Å²) >= 11 is 0. The number of ether oxygens (including phenoxy) is 2. The van der Waals surface area contributed by atoms with Crippen molar-refractivity contribution >= 4 is 0 Å². The summed E-state index contributed by atoms with van der Waals surface area (Å²) < 4.78 is 20.6. The van der Waals surface area contributed by atoms with Gasteiger partial charge in [0.2, 0.25) is 6.79 Å². The molecule has 0 N–H and O–H groups in total. The van der Waals surface area contributed by atoms with Crippen molar-refractivity contribution in [3.05, 3.63) is 6.79 Å². The maximum Gasteiger partial charge on any atom is 0.209 e. The van der Waals surface area contributed by atoms with Gasteiger partial charge >= 0.3 is 0 Å². The molecule has 1 unspecified atom stereocenters. The smallest absolute Gasteiger partial charge is 0.209 e. The van der Waals surface area contributed by atoms with E-state index in [1.165, 1.54) is 6.79 Å². The molecule has 1 aliphatic heterocycles. The lowest BCUT2D eigenvalue weighted by Gasteiger charge is -1.95. The molecule has 0 amide bonds. The molecular weight excluding hydrogens is 99.0 g/mol. The molecule has 2 nitrogen and oxygen atoms in total. The SMILES string of the molecule is FCC1CO[CH]O1. The molecule has 1 radical (unpaired) electrons. The molecule has 1 saturated heterocycles. The third kappa shape index (κ3) is 1.11. The van der Waals surface area contributed by atoms with Gasteiger partial charge < -0.3 is 9.47 Å². The molecule has 41 valence electrons. The molecule has 0 bridgehead atoms. The molecule has 1 fully saturated rings. The highest BCUT2D eigenvalue weighted by Crippen LogP contribution is 2.05. The van der Waals surface area contributed by atoms with Crippen LogP contribution in [0.1, 0.15) is 0 Å². The minimum absolute atomic E-state index is 0.347. The Morgan fingerprint density at radius 3 is 3.00 bits per heavy atom. The first kappa shape index (κ1) is 5.00. The first-order valence-corrected chi connectivity index (χ1v) is 2.08. The first-order valence-electron chi connectivity index (χ1n) is 2.08. The molecule has 1 aliphatic rings. The molecule has 0 saturated carbocycles. The van der Waals surface area contributed by atoms with Gasteiger partial charge in [0.1, 0.15) is 12.8 Å². The Morgan fingerprint density at radius 1 is 1.86 bits per heavy atom. The lowest BCUT2D eigenvalue weighted by atomic mass is 10.4. The van der Waals surface area contributed by atoms with Crippen LogP contribution >= 0.6 is 0 Å². The van der Waals surface area contributed by atoms with Crippen molar-refractivity contribution in [1.82, 2.24) is 0 Å². The fraction of sp³-hybridized carbons (Fsp3) is 0.750. The van der Waals surface area contributed by atoms with Crippen LogP contribution in [-0.2, 0) is 9.47 Å². The van der Waals surface area contributed by atoms with Crippen LogP contribution in [-0.4, -0.2) is 19.4 Å². The highest BCUT2D eigenvalue weighted by atomic mass is 19.1. The van der Waals surface area contributed by atoms with E-state index in [2.05, 4.69) is 9.47 Å². The second-order valence-electron chi connectivity index (χ2n) is 1.34. The van der Waals surface area contributed by atoms with Crippen LogP contribution in [0.3, 0.4) is 0 Å². The summed E-state index contributed by atoms with van der Waals surface area (Å²) in [6, 6.07) is 0. The molecule has 0 aliphatic carbocycles. The molecule has 1 rings (SSSR count). The van der Waals surface area contributed by atoms with E-state index >= 15 is 0 Å².